The van der Waals surface area contributed by atoms with Gasteiger partial charge in [-0.2, -0.15) is 0 Å². The van der Waals surface area contributed by atoms with E-state index in [1.165, 1.54) is 25.7 Å². The third kappa shape index (κ3) is 5.83. The van der Waals surface area contributed by atoms with Gasteiger partial charge in [-0.05, 0) is 25.3 Å². The van der Waals surface area contributed by atoms with E-state index in [1.54, 1.807) is 7.11 Å². The minimum Gasteiger partial charge on any atom is -0.383 e. The number of ether oxygens (including phenoxy) is 2. The Morgan fingerprint density at radius 2 is 2.12 bits per heavy atom. The second kappa shape index (κ2) is 8.97. The third-order valence-electron chi connectivity index (χ3n) is 3.27. The fourth-order valence-electron chi connectivity index (χ4n) is 1.97. The first-order valence-corrected chi connectivity index (χ1v) is 6.66. The fraction of sp³-hybridized carbons (Fsp3) is 1.00. The molecule has 3 nitrogen and oxygen atoms in total. The molecule has 1 atom stereocenters. The molecule has 1 aliphatic carbocycles. The summed E-state index contributed by atoms with van der Waals surface area (Å²) < 4.78 is 10.9. The largest absolute Gasteiger partial charge is 0.383 e. The van der Waals surface area contributed by atoms with E-state index in [2.05, 4.69) is 12.2 Å². The molecule has 1 unspecified atom stereocenters. The van der Waals surface area contributed by atoms with Crippen LogP contribution in [0.2, 0.25) is 0 Å². The second-order valence-electron chi connectivity index (χ2n) is 4.77. The normalized spacial score (nSPS) is 18.4. The van der Waals surface area contributed by atoms with Crippen molar-refractivity contribution in [3.8, 4) is 0 Å². The molecule has 0 aromatic rings. The van der Waals surface area contributed by atoms with Crippen LogP contribution in [0.4, 0.5) is 0 Å². The highest BCUT2D eigenvalue weighted by Crippen LogP contribution is 2.29. The van der Waals surface area contributed by atoms with Gasteiger partial charge in [0.2, 0.25) is 0 Å². The van der Waals surface area contributed by atoms with Crippen LogP contribution in [0.25, 0.3) is 0 Å². The highest BCUT2D eigenvalue weighted by atomic mass is 16.5. The van der Waals surface area contributed by atoms with Gasteiger partial charge in [-0.3, -0.25) is 0 Å². The molecule has 0 amide bonds. The minimum absolute atomic E-state index is 0.353. The standard InChI is InChI=1S/C13H27NO2/c1-3-8-14-13(10-15-2)11-16-9-7-12-5-4-6-12/h12-14H,3-11H2,1-2H3. The fourth-order valence-corrected chi connectivity index (χ4v) is 1.97. The first-order valence-electron chi connectivity index (χ1n) is 6.66. The van der Waals surface area contributed by atoms with Crippen molar-refractivity contribution in [1.29, 1.82) is 0 Å². The zero-order valence-electron chi connectivity index (χ0n) is 10.8. The van der Waals surface area contributed by atoms with Gasteiger partial charge in [0.1, 0.15) is 0 Å². The van der Waals surface area contributed by atoms with Crippen molar-refractivity contribution in [2.24, 2.45) is 5.92 Å². The van der Waals surface area contributed by atoms with E-state index >= 15 is 0 Å². The van der Waals surface area contributed by atoms with E-state index in [4.69, 9.17) is 9.47 Å². The van der Waals surface area contributed by atoms with Crippen LogP contribution in [0, 0.1) is 5.92 Å². The van der Waals surface area contributed by atoms with Crippen LogP contribution in [-0.2, 0) is 9.47 Å². The van der Waals surface area contributed by atoms with Crippen LogP contribution in [0.15, 0.2) is 0 Å². The summed E-state index contributed by atoms with van der Waals surface area (Å²) in [6.07, 6.45) is 6.66. The average Bonchev–Trinajstić information content (AvgIpc) is 2.23. The molecule has 0 aliphatic heterocycles. The van der Waals surface area contributed by atoms with Crippen LogP contribution in [0.5, 0.6) is 0 Å². The van der Waals surface area contributed by atoms with Crippen LogP contribution in [0.1, 0.15) is 39.0 Å². The molecule has 1 saturated carbocycles. The van der Waals surface area contributed by atoms with Crippen molar-refractivity contribution in [1.82, 2.24) is 5.32 Å². The molecule has 0 aromatic carbocycles. The molecule has 96 valence electrons. The number of hydrogen-bond donors (Lipinski definition) is 1. The second-order valence-corrected chi connectivity index (χ2v) is 4.77. The van der Waals surface area contributed by atoms with Gasteiger partial charge in [0.15, 0.2) is 0 Å². The smallest absolute Gasteiger partial charge is 0.0642 e. The summed E-state index contributed by atoms with van der Waals surface area (Å²) in [5.74, 6) is 0.949. The number of nitrogens with one attached hydrogen (secondary N) is 1. The van der Waals surface area contributed by atoms with Crippen molar-refractivity contribution in [2.45, 2.75) is 45.1 Å². The maximum absolute atomic E-state index is 5.71. The van der Waals surface area contributed by atoms with E-state index in [9.17, 15) is 0 Å². The molecule has 0 spiro atoms. The van der Waals surface area contributed by atoms with Gasteiger partial charge in [0.25, 0.3) is 0 Å². The molecule has 0 aromatic heterocycles. The Kier molecular flexibility index (Phi) is 7.81. The first-order chi connectivity index (χ1) is 7.86. The van der Waals surface area contributed by atoms with Crippen molar-refractivity contribution < 1.29 is 9.47 Å². The third-order valence-corrected chi connectivity index (χ3v) is 3.27. The molecule has 0 heterocycles. The van der Waals surface area contributed by atoms with Gasteiger partial charge in [-0.1, -0.05) is 26.2 Å². The lowest BCUT2D eigenvalue weighted by Gasteiger charge is -2.25. The van der Waals surface area contributed by atoms with Gasteiger partial charge in [0.05, 0.1) is 19.3 Å². The Balaban J connectivity index is 1.96. The summed E-state index contributed by atoms with van der Waals surface area (Å²) in [6, 6.07) is 0.353. The summed E-state index contributed by atoms with van der Waals surface area (Å²) in [4.78, 5) is 0. The topological polar surface area (TPSA) is 30.5 Å². The Bertz CT molecular complexity index is 160. The summed E-state index contributed by atoms with van der Waals surface area (Å²) in [6.45, 7) is 5.65. The van der Waals surface area contributed by atoms with Gasteiger partial charge in [-0.25, -0.2) is 0 Å². The quantitative estimate of drug-likeness (QED) is 0.583. The predicted molar refractivity (Wildman–Crippen MR) is 66.7 cm³/mol. The maximum Gasteiger partial charge on any atom is 0.0642 e. The Hall–Kier alpha value is -0.120. The van der Waals surface area contributed by atoms with E-state index in [1.807, 2.05) is 0 Å². The molecule has 0 saturated heterocycles. The van der Waals surface area contributed by atoms with E-state index < -0.39 is 0 Å². The van der Waals surface area contributed by atoms with Crippen molar-refractivity contribution in [3.05, 3.63) is 0 Å². The van der Waals surface area contributed by atoms with Crippen LogP contribution in [0.3, 0.4) is 0 Å². The number of methoxy groups -OCH3 is 1. The molecule has 16 heavy (non-hydrogen) atoms. The summed E-state index contributed by atoms with van der Waals surface area (Å²) in [5.41, 5.74) is 0. The Morgan fingerprint density at radius 1 is 1.31 bits per heavy atom. The minimum atomic E-state index is 0.353. The van der Waals surface area contributed by atoms with E-state index in [-0.39, 0.29) is 0 Å². The molecule has 0 bridgehead atoms. The van der Waals surface area contributed by atoms with Crippen molar-refractivity contribution in [3.63, 3.8) is 0 Å². The lowest BCUT2D eigenvalue weighted by molar-refractivity contribution is 0.0618. The zero-order valence-corrected chi connectivity index (χ0v) is 10.8. The molecule has 1 aliphatic rings. The van der Waals surface area contributed by atoms with Crippen LogP contribution < -0.4 is 5.32 Å². The lowest BCUT2D eigenvalue weighted by atomic mass is 9.83. The lowest BCUT2D eigenvalue weighted by Crippen LogP contribution is -2.38. The number of rotatable bonds is 10. The molecule has 1 fully saturated rings. The molecule has 1 rings (SSSR count). The van der Waals surface area contributed by atoms with Gasteiger partial charge >= 0.3 is 0 Å². The van der Waals surface area contributed by atoms with Gasteiger partial charge < -0.3 is 14.8 Å². The molecular weight excluding hydrogens is 202 g/mol. The summed E-state index contributed by atoms with van der Waals surface area (Å²) in [7, 11) is 1.75. The Morgan fingerprint density at radius 3 is 2.69 bits per heavy atom. The Labute approximate surface area is 99.9 Å². The summed E-state index contributed by atoms with van der Waals surface area (Å²) >= 11 is 0. The zero-order chi connectivity index (χ0) is 11.6. The van der Waals surface area contributed by atoms with E-state index in [0.717, 1.165) is 38.7 Å². The van der Waals surface area contributed by atoms with Crippen molar-refractivity contribution >= 4 is 0 Å². The number of hydrogen-bond acceptors (Lipinski definition) is 3. The predicted octanol–water partition coefficient (Wildman–Crippen LogP) is 2.21. The summed E-state index contributed by atoms with van der Waals surface area (Å²) in [5, 5.41) is 3.44. The van der Waals surface area contributed by atoms with Gasteiger partial charge in [0, 0.05) is 13.7 Å². The monoisotopic (exact) mass is 229 g/mol. The molecule has 1 N–H and O–H groups in total. The highest BCUT2D eigenvalue weighted by Gasteiger charge is 2.16. The molecule has 3 heteroatoms. The highest BCUT2D eigenvalue weighted by molar-refractivity contribution is 4.69. The molecular formula is C13H27NO2. The first kappa shape index (κ1) is 13.9. The van der Waals surface area contributed by atoms with Crippen LogP contribution in [-0.4, -0.2) is 39.5 Å². The maximum atomic E-state index is 5.71. The van der Waals surface area contributed by atoms with Gasteiger partial charge in [-0.15, -0.1) is 0 Å². The molecule has 0 radical (unpaired) electrons. The van der Waals surface area contributed by atoms with Crippen LogP contribution >= 0.6 is 0 Å². The van der Waals surface area contributed by atoms with Crippen molar-refractivity contribution in [2.75, 3.05) is 33.5 Å². The average molecular weight is 229 g/mol. The SMILES string of the molecule is CCCNC(COC)COCCC1CCC1. The van der Waals surface area contributed by atoms with E-state index in [0.29, 0.717) is 6.04 Å².